The van der Waals surface area contributed by atoms with Crippen LogP contribution in [0.3, 0.4) is 0 Å². The highest BCUT2D eigenvalue weighted by molar-refractivity contribution is 9.10. The minimum absolute atomic E-state index is 0.258. The Morgan fingerprint density at radius 1 is 1.24 bits per heavy atom. The molecule has 1 aromatic carbocycles. The molecule has 5 nitrogen and oxygen atoms in total. The van der Waals surface area contributed by atoms with Gasteiger partial charge < -0.3 is 15.0 Å². The zero-order chi connectivity index (χ0) is 14.8. The first-order chi connectivity index (χ1) is 10.2. The van der Waals surface area contributed by atoms with Gasteiger partial charge in [0, 0.05) is 10.7 Å². The number of halogens is 1. The first kappa shape index (κ1) is 13.6. The van der Waals surface area contributed by atoms with Gasteiger partial charge >= 0.3 is 0 Å². The first-order valence-corrected chi connectivity index (χ1v) is 7.00. The second-order valence-corrected chi connectivity index (χ2v) is 5.26. The highest BCUT2D eigenvalue weighted by atomic mass is 79.9. The molecule has 0 spiro atoms. The molecule has 0 unspecified atom stereocenters. The summed E-state index contributed by atoms with van der Waals surface area (Å²) in [6, 6.07) is 11.4. The molecule has 0 amide bonds. The second kappa shape index (κ2) is 5.57. The summed E-state index contributed by atoms with van der Waals surface area (Å²) in [6.45, 7) is 0. The van der Waals surface area contributed by atoms with Crippen LogP contribution in [0, 0.1) is 0 Å². The summed E-state index contributed by atoms with van der Waals surface area (Å²) < 4.78 is 11.4. The fraction of sp³-hybridized carbons (Fsp3) is 0.0667. The average molecular weight is 346 g/mol. The van der Waals surface area contributed by atoms with E-state index in [-0.39, 0.29) is 5.88 Å². The lowest BCUT2D eigenvalue weighted by molar-refractivity contribution is 0.398. The fourth-order valence-corrected chi connectivity index (χ4v) is 2.54. The number of anilines is 1. The number of rotatable bonds is 3. The molecule has 2 aromatic heterocycles. The smallest absolute Gasteiger partial charge is 0.230 e. The van der Waals surface area contributed by atoms with E-state index in [4.69, 9.17) is 15.0 Å². The van der Waals surface area contributed by atoms with E-state index < -0.39 is 0 Å². The van der Waals surface area contributed by atoms with Crippen LogP contribution in [0.5, 0.6) is 5.88 Å². The summed E-state index contributed by atoms with van der Waals surface area (Å²) in [5, 5.41) is 4.07. The number of nitrogens with two attached hydrogens (primary N) is 1. The first-order valence-electron chi connectivity index (χ1n) is 6.21. The van der Waals surface area contributed by atoms with Crippen molar-refractivity contribution < 1.29 is 9.26 Å². The summed E-state index contributed by atoms with van der Waals surface area (Å²) in [5.74, 6) is 0.732. The molecule has 21 heavy (non-hydrogen) atoms. The molecular weight excluding hydrogens is 334 g/mol. The Hall–Kier alpha value is -2.34. The Kier molecular flexibility index (Phi) is 3.62. The average Bonchev–Trinajstić information content (AvgIpc) is 2.88. The predicted octanol–water partition coefficient (Wildman–Crippen LogP) is 3.76. The van der Waals surface area contributed by atoms with Crippen molar-refractivity contribution in [3.05, 3.63) is 47.1 Å². The molecule has 0 atom stereocenters. The molecule has 0 aliphatic rings. The molecule has 0 bridgehead atoms. The van der Waals surface area contributed by atoms with Crippen molar-refractivity contribution >= 4 is 21.8 Å². The van der Waals surface area contributed by atoms with E-state index in [0.29, 0.717) is 11.6 Å². The molecule has 0 aliphatic heterocycles. The molecule has 3 rings (SSSR count). The molecule has 2 heterocycles. The van der Waals surface area contributed by atoms with E-state index >= 15 is 0 Å². The van der Waals surface area contributed by atoms with Gasteiger partial charge in [0.25, 0.3) is 0 Å². The monoisotopic (exact) mass is 345 g/mol. The minimum atomic E-state index is 0.258. The Bertz CT molecular complexity index is 786. The normalized spacial score (nSPS) is 10.6. The maximum absolute atomic E-state index is 5.95. The van der Waals surface area contributed by atoms with Gasteiger partial charge in [0.2, 0.25) is 11.8 Å². The number of hydrogen-bond donors (Lipinski definition) is 1. The van der Waals surface area contributed by atoms with E-state index in [9.17, 15) is 0 Å². The number of nitrogen functional groups attached to an aromatic ring is 1. The van der Waals surface area contributed by atoms with E-state index in [0.717, 1.165) is 21.2 Å². The van der Waals surface area contributed by atoms with Crippen molar-refractivity contribution in [2.45, 2.75) is 0 Å². The van der Waals surface area contributed by atoms with Gasteiger partial charge in [-0.05, 0) is 29.8 Å². The molecule has 0 radical (unpaired) electrons. The maximum atomic E-state index is 5.95. The van der Waals surface area contributed by atoms with Gasteiger partial charge in [-0.1, -0.05) is 33.2 Å². The number of benzene rings is 1. The fourth-order valence-electron chi connectivity index (χ4n) is 2.14. The topological polar surface area (TPSA) is 74.2 Å². The van der Waals surface area contributed by atoms with Crippen molar-refractivity contribution in [2.75, 3.05) is 12.8 Å². The number of hydrogen-bond acceptors (Lipinski definition) is 5. The van der Waals surface area contributed by atoms with Gasteiger partial charge in [-0.2, -0.15) is 0 Å². The second-order valence-electron chi connectivity index (χ2n) is 4.34. The minimum Gasteiger partial charge on any atom is -0.481 e. The van der Waals surface area contributed by atoms with Crippen LogP contribution in [0.1, 0.15) is 0 Å². The van der Waals surface area contributed by atoms with Crippen LogP contribution >= 0.6 is 15.9 Å². The van der Waals surface area contributed by atoms with Gasteiger partial charge in [0.15, 0.2) is 0 Å². The van der Waals surface area contributed by atoms with Gasteiger partial charge in [0.05, 0.1) is 18.2 Å². The molecular formula is C15H12BrN3O2. The summed E-state index contributed by atoms with van der Waals surface area (Å²) in [5.41, 5.74) is 8.92. The van der Waals surface area contributed by atoms with Gasteiger partial charge in [-0.25, -0.2) is 4.98 Å². The predicted molar refractivity (Wildman–Crippen MR) is 83.8 cm³/mol. The number of aromatic nitrogens is 2. The highest BCUT2D eigenvalue weighted by Gasteiger charge is 2.20. The van der Waals surface area contributed by atoms with Gasteiger partial charge in [-0.3, -0.25) is 0 Å². The number of ether oxygens (including phenoxy) is 1. The van der Waals surface area contributed by atoms with Crippen LogP contribution in [0.15, 0.2) is 51.6 Å². The standard InChI is InChI=1S/C15H12BrN3O2/c1-20-15-11(6-3-7-18-15)13-12(14(17)21-19-13)9-4-2-5-10(16)8-9/h2-8H,17H2,1H3. The van der Waals surface area contributed by atoms with Crippen LogP contribution in [0.2, 0.25) is 0 Å². The Morgan fingerprint density at radius 3 is 2.86 bits per heavy atom. The summed E-state index contributed by atoms with van der Waals surface area (Å²) in [7, 11) is 1.56. The molecule has 0 saturated heterocycles. The van der Waals surface area contributed by atoms with Crippen molar-refractivity contribution in [1.29, 1.82) is 0 Å². The molecule has 6 heteroatoms. The summed E-state index contributed by atoms with van der Waals surface area (Å²) >= 11 is 3.45. The SMILES string of the molecule is COc1ncccc1-c1noc(N)c1-c1cccc(Br)c1. The van der Waals surface area contributed by atoms with E-state index in [1.165, 1.54) is 0 Å². The van der Waals surface area contributed by atoms with E-state index in [2.05, 4.69) is 26.1 Å². The van der Waals surface area contributed by atoms with Crippen LogP contribution in [-0.4, -0.2) is 17.3 Å². The van der Waals surface area contributed by atoms with Crippen LogP contribution in [0.4, 0.5) is 5.88 Å². The Balaban J connectivity index is 2.22. The van der Waals surface area contributed by atoms with Crippen LogP contribution in [0.25, 0.3) is 22.4 Å². The molecule has 106 valence electrons. The lowest BCUT2D eigenvalue weighted by Crippen LogP contribution is -1.93. The molecule has 2 N–H and O–H groups in total. The lowest BCUT2D eigenvalue weighted by atomic mass is 10.0. The summed E-state index contributed by atoms with van der Waals surface area (Å²) in [4.78, 5) is 4.18. The van der Waals surface area contributed by atoms with Crippen molar-refractivity contribution in [3.63, 3.8) is 0 Å². The molecule has 0 fully saturated rings. The third-order valence-corrected chi connectivity index (χ3v) is 3.54. The number of methoxy groups -OCH3 is 1. The van der Waals surface area contributed by atoms with Crippen molar-refractivity contribution in [1.82, 2.24) is 10.1 Å². The largest absolute Gasteiger partial charge is 0.481 e. The lowest BCUT2D eigenvalue weighted by Gasteiger charge is -2.06. The molecule has 3 aromatic rings. The highest BCUT2D eigenvalue weighted by Crippen LogP contribution is 2.39. The van der Waals surface area contributed by atoms with E-state index in [1.54, 1.807) is 13.3 Å². The maximum Gasteiger partial charge on any atom is 0.230 e. The van der Waals surface area contributed by atoms with E-state index in [1.807, 2.05) is 36.4 Å². The zero-order valence-corrected chi connectivity index (χ0v) is 12.8. The van der Waals surface area contributed by atoms with Gasteiger partial charge in [0.1, 0.15) is 5.69 Å². The zero-order valence-electron chi connectivity index (χ0n) is 11.2. The quantitative estimate of drug-likeness (QED) is 0.782. The molecule has 0 aliphatic carbocycles. The van der Waals surface area contributed by atoms with Crippen LogP contribution < -0.4 is 10.5 Å². The third-order valence-electron chi connectivity index (χ3n) is 3.05. The summed E-state index contributed by atoms with van der Waals surface area (Å²) in [6.07, 6.45) is 1.66. The van der Waals surface area contributed by atoms with Crippen molar-refractivity contribution in [3.8, 4) is 28.3 Å². The third kappa shape index (κ3) is 2.50. The Morgan fingerprint density at radius 2 is 2.10 bits per heavy atom. The van der Waals surface area contributed by atoms with Crippen LogP contribution in [-0.2, 0) is 0 Å². The molecule has 0 saturated carbocycles. The Labute approximate surface area is 129 Å². The number of pyridine rings is 1. The van der Waals surface area contributed by atoms with Gasteiger partial charge in [-0.15, -0.1) is 0 Å². The number of nitrogens with zero attached hydrogens (tertiary/aromatic N) is 2. The van der Waals surface area contributed by atoms with Crippen molar-refractivity contribution in [2.24, 2.45) is 0 Å².